The van der Waals surface area contributed by atoms with E-state index in [9.17, 15) is 4.39 Å². The molecular formula is C17H23FN2O. The van der Waals surface area contributed by atoms with Crippen molar-refractivity contribution < 1.29 is 8.81 Å². The zero-order valence-electron chi connectivity index (χ0n) is 12.9. The maximum atomic E-state index is 13.6. The van der Waals surface area contributed by atoms with Gasteiger partial charge in [0.1, 0.15) is 11.6 Å². The van der Waals surface area contributed by atoms with E-state index in [0.29, 0.717) is 6.54 Å². The molecule has 1 N–H and O–H groups in total. The van der Waals surface area contributed by atoms with Gasteiger partial charge in [-0.15, -0.1) is 0 Å². The normalized spacial score (nSPS) is 12.4. The summed E-state index contributed by atoms with van der Waals surface area (Å²) in [6.07, 6.45) is 1.68. The van der Waals surface area contributed by atoms with E-state index in [4.69, 9.17) is 4.42 Å². The molecule has 1 heterocycles. The third kappa shape index (κ3) is 3.85. The zero-order chi connectivity index (χ0) is 15.2. The fourth-order valence-corrected chi connectivity index (χ4v) is 2.53. The van der Waals surface area contributed by atoms with Crippen LogP contribution in [-0.2, 0) is 6.54 Å². The molecule has 0 saturated heterocycles. The van der Waals surface area contributed by atoms with Gasteiger partial charge in [0.05, 0.1) is 12.8 Å². The third-order valence-corrected chi connectivity index (χ3v) is 3.62. The summed E-state index contributed by atoms with van der Waals surface area (Å²) in [6, 6.07) is 8.93. The average Bonchev–Trinajstić information content (AvgIpc) is 2.98. The number of hydrogen-bond donors (Lipinski definition) is 1. The molecule has 4 heteroatoms. The molecule has 0 spiro atoms. The second-order valence-electron chi connectivity index (χ2n) is 5.08. The first-order valence-corrected chi connectivity index (χ1v) is 7.45. The van der Waals surface area contributed by atoms with Crippen molar-refractivity contribution in [1.82, 2.24) is 5.32 Å². The highest BCUT2D eigenvalue weighted by atomic mass is 19.1. The lowest BCUT2D eigenvalue weighted by Gasteiger charge is -2.27. The van der Waals surface area contributed by atoms with E-state index in [1.807, 2.05) is 18.2 Å². The minimum atomic E-state index is -0.201. The van der Waals surface area contributed by atoms with Crippen LogP contribution >= 0.6 is 0 Å². The van der Waals surface area contributed by atoms with Crippen LogP contribution in [0, 0.1) is 5.82 Å². The summed E-state index contributed by atoms with van der Waals surface area (Å²) in [4.78, 5) is 2.20. The van der Waals surface area contributed by atoms with Crippen molar-refractivity contribution in [3.63, 3.8) is 0 Å². The summed E-state index contributed by atoms with van der Waals surface area (Å²) < 4.78 is 19.1. The average molecular weight is 290 g/mol. The van der Waals surface area contributed by atoms with Gasteiger partial charge in [-0.25, -0.2) is 4.39 Å². The first-order valence-electron chi connectivity index (χ1n) is 7.45. The Kier molecular flexibility index (Phi) is 5.39. The number of nitrogens with one attached hydrogen (secondary N) is 1. The van der Waals surface area contributed by atoms with Crippen LogP contribution in [0.1, 0.15) is 38.1 Å². The monoisotopic (exact) mass is 290 g/mol. The Bertz CT molecular complexity index is 554. The van der Waals surface area contributed by atoms with Crippen molar-refractivity contribution in [3.8, 4) is 0 Å². The van der Waals surface area contributed by atoms with Crippen LogP contribution in [0.2, 0.25) is 0 Å². The molecule has 0 bridgehead atoms. The van der Waals surface area contributed by atoms with Crippen molar-refractivity contribution in [2.45, 2.75) is 33.4 Å². The SMILES string of the molecule is CCNC(C)c1cc(F)ccc1N(CC)Cc1ccco1. The third-order valence-electron chi connectivity index (χ3n) is 3.62. The van der Waals surface area contributed by atoms with Gasteiger partial charge < -0.3 is 14.6 Å². The molecule has 114 valence electrons. The van der Waals surface area contributed by atoms with Crippen LogP contribution in [0.4, 0.5) is 10.1 Å². The van der Waals surface area contributed by atoms with E-state index in [1.54, 1.807) is 12.3 Å². The number of nitrogens with zero attached hydrogens (tertiary/aromatic N) is 1. The van der Waals surface area contributed by atoms with Gasteiger partial charge in [0.15, 0.2) is 0 Å². The number of anilines is 1. The van der Waals surface area contributed by atoms with Gasteiger partial charge in [-0.05, 0) is 56.3 Å². The standard InChI is InChI=1S/C17H23FN2O/c1-4-19-13(3)16-11-14(18)8-9-17(16)20(5-2)12-15-7-6-10-21-15/h6-11,13,19H,4-5,12H2,1-3H3. The number of furan rings is 1. The van der Waals surface area contributed by atoms with Crippen molar-refractivity contribution in [2.24, 2.45) is 0 Å². The predicted molar refractivity (Wildman–Crippen MR) is 83.9 cm³/mol. The van der Waals surface area contributed by atoms with E-state index in [2.05, 4.69) is 31.0 Å². The summed E-state index contributed by atoms with van der Waals surface area (Å²) in [5.74, 6) is 0.704. The van der Waals surface area contributed by atoms with Crippen molar-refractivity contribution in [1.29, 1.82) is 0 Å². The van der Waals surface area contributed by atoms with Crippen LogP contribution in [0.5, 0.6) is 0 Å². The molecular weight excluding hydrogens is 267 g/mol. The van der Waals surface area contributed by atoms with E-state index in [1.165, 1.54) is 6.07 Å². The summed E-state index contributed by atoms with van der Waals surface area (Å²) >= 11 is 0. The summed E-state index contributed by atoms with van der Waals surface area (Å²) in [7, 11) is 0. The van der Waals surface area contributed by atoms with Crippen LogP contribution in [0.3, 0.4) is 0 Å². The minimum absolute atomic E-state index is 0.103. The highest BCUT2D eigenvalue weighted by Gasteiger charge is 2.16. The maximum absolute atomic E-state index is 13.6. The van der Waals surface area contributed by atoms with Gasteiger partial charge in [-0.3, -0.25) is 0 Å². The number of hydrogen-bond acceptors (Lipinski definition) is 3. The molecule has 1 aromatic heterocycles. The summed E-state index contributed by atoms with van der Waals surface area (Å²) in [5, 5.41) is 3.35. The van der Waals surface area contributed by atoms with E-state index < -0.39 is 0 Å². The molecule has 1 atom stereocenters. The van der Waals surface area contributed by atoms with Crippen LogP contribution in [-0.4, -0.2) is 13.1 Å². The Morgan fingerprint density at radius 1 is 1.29 bits per heavy atom. The molecule has 0 saturated carbocycles. The predicted octanol–water partition coefficient (Wildman–Crippen LogP) is 4.12. The zero-order valence-corrected chi connectivity index (χ0v) is 12.9. The minimum Gasteiger partial charge on any atom is -0.467 e. The molecule has 2 aromatic rings. The maximum Gasteiger partial charge on any atom is 0.123 e. The first-order chi connectivity index (χ1) is 10.2. The lowest BCUT2D eigenvalue weighted by molar-refractivity contribution is 0.502. The Labute approximate surface area is 125 Å². The fraction of sp³-hybridized carbons (Fsp3) is 0.412. The molecule has 0 radical (unpaired) electrons. The number of rotatable bonds is 7. The highest BCUT2D eigenvalue weighted by Crippen LogP contribution is 2.28. The van der Waals surface area contributed by atoms with Crippen molar-refractivity contribution >= 4 is 5.69 Å². The fourth-order valence-electron chi connectivity index (χ4n) is 2.53. The van der Waals surface area contributed by atoms with E-state index in [-0.39, 0.29) is 11.9 Å². The molecule has 0 aliphatic carbocycles. The van der Waals surface area contributed by atoms with E-state index >= 15 is 0 Å². The van der Waals surface area contributed by atoms with Crippen molar-refractivity contribution in [3.05, 3.63) is 53.7 Å². The van der Waals surface area contributed by atoms with Gasteiger partial charge in [0.2, 0.25) is 0 Å². The molecule has 1 aromatic carbocycles. The molecule has 0 aliphatic rings. The second kappa shape index (κ2) is 7.27. The molecule has 21 heavy (non-hydrogen) atoms. The Morgan fingerprint density at radius 3 is 2.71 bits per heavy atom. The van der Waals surface area contributed by atoms with Crippen LogP contribution in [0.15, 0.2) is 41.0 Å². The summed E-state index contributed by atoms with van der Waals surface area (Å²) in [5.41, 5.74) is 2.02. The molecule has 0 aliphatic heterocycles. The summed E-state index contributed by atoms with van der Waals surface area (Å²) in [6.45, 7) is 8.56. The molecule has 0 fully saturated rings. The first kappa shape index (κ1) is 15.6. The van der Waals surface area contributed by atoms with Gasteiger partial charge in [0, 0.05) is 18.3 Å². The largest absolute Gasteiger partial charge is 0.467 e. The number of halogens is 1. The lowest BCUT2D eigenvalue weighted by atomic mass is 10.0. The molecule has 2 rings (SSSR count). The van der Waals surface area contributed by atoms with Gasteiger partial charge in [0.25, 0.3) is 0 Å². The van der Waals surface area contributed by atoms with Crippen LogP contribution < -0.4 is 10.2 Å². The number of benzene rings is 1. The lowest BCUT2D eigenvalue weighted by Crippen LogP contribution is -2.26. The molecule has 1 unspecified atom stereocenters. The second-order valence-corrected chi connectivity index (χ2v) is 5.08. The molecule has 0 amide bonds. The van der Waals surface area contributed by atoms with E-state index in [0.717, 1.165) is 30.1 Å². The topological polar surface area (TPSA) is 28.4 Å². The Morgan fingerprint density at radius 2 is 2.10 bits per heavy atom. The Hall–Kier alpha value is -1.81. The van der Waals surface area contributed by atoms with Gasteiger partial charge >= 0.3 is 0 Å². The van der Waals surface area contributed by atoms with Crippen molar-refractivity contribution in [2.75, 3.05) is 18.0 Å². The quantitative estimate of drug-likeness (QED) is 0.831. The van der Waals surface area contributed by atoms with Crippen LogP contribution in [0.25, 0.3) is 0 Å². The van der Waals surface area contributed by atoms with Gasteiger partial charge in [-0.2, -0.15) is 0 Å². The highest BCUT2D eigenvalue weighted by molar-refractivity contribution is 5.55. The smallest absolute Gasteiger partial charge is 0.123 e. The molecule has 3 nitrogen and oxygen atoms in total. The Balaban J connectivity index is 2.31. The van der Waals surface area contributed by atoms with Gasteiger partial charge in [-0.1, -0.05) is 6.92 Å².